The van der Waals surface area contributed by atoms with Gasteiger partial charge in [-0.15, -0.1) is 0 Å². The number of carboxylic acid groups (broad SMARTS) is 1. The molecule has 44 heavy (non-hydrogen) atoms. The molecule has 0 saturated carbocycles. The minimum atomic E-state index is -4.86. The minimum absolute atomic E-state index is 0.165. The van der Waals surface area contributed by atoms with Crippen molar-refractivity contribution in [3.05, 3.63) is 106 Å². The zero-order valence-corrected chi connectivity index (χ0v) is 24.2. The predicted octanol–water partition coefficient (Wildman–Crippen LogP) is 3.92. The summed E-state index contributed by atoms with van der Waals surface area (Å²) in [7, 11) is 1.05. The molecule has 1 aromatic heterocycles. The SMILES string of the molecule is COC(=O)C1=C(C)NC(C)C(CCOC(=O)C=Cc2ccc(Cc3ncc[nH]3)cc2)(C(=O)[O-])C1c1ccccc1C(F)(F)F. The Balaban J connectivity index is 1.58. The van der Waals surface area contributed by atoms with E-state index < -0.39 is 65.6 Å². The van der Waals surface area contributed by atoms with Gasteiger partial charge < -0.3 is 29.7 Å². The molecule has 0 spiro atoms. The highest BCUT2D eigenvalue weighted by Crippen LogP contribution is 2.52. The summed E-state index contributed by atoms with van der Waals surface area (Å²) in [5, 5.41) is 15.8. The molecule has 2 heterocycles. The summed E-state index contributed by atoms with van der Waals surface area (Å²) in [4.78, 5) is 45.6. The Morgan fingerprint density at radius 2 is 1.82 bits per heavy atom. The number of H-pyrrole nitrogens is 1. The summed E-state index contributed by atoms with van der Waals surface area (Å²) in [6.07, 6.45) is 1.36. The Kier molecular flexibility index (Phi) is 9.61. The highest BCUT2D eigenvalue weighted by molar-refractivity contribution is 5.94. The number of aliphatic carboxylic acids is 1. The van der Waals surface area contributed by atoms with Gasteiger partial charge in [0.05, 0.1) is 30.8 Å². The van der Waals surface area contributed by atoms with Crippen LogP contribution in [-0.4, -0.2) is 47.6 Å². The fourth-order valence-electron chi connectivity index (χ4n) is 5.70. The lowest BCUT2D eigenvalue weighted by Crippen LogP contribution is -2.61. The van der Waals surface area contributed by atoms with E-state index in [4.69, 9.17) is 9.47 Å². The molecule has 1 aliphatic rings. The van der Waals surface area contributed by atoms with Gasteiger partial charge in [-0.2, -0.15) is 13.2 Å². The van der Waals surface area contributed by atoms with E-state index in [1.54, 1.807) is 24.5 Å². The number of nitrogens with one attached hydrogen (secondary N) is 2. The summed E-state index contributed by atoms with van der Waals surface area (Å²) in [5.74, 6) is -4.33. The van der Waals surface area contributed by atoms with Gasteiger partial charge in [0.25, 0.3) is 0 Å². The third-order valence-corrected chi connectivity index (χ3v) is 7.85. The molecule has 2 aromatic carbocycles. The second-order valence-electron chi connectivity index (χ2n) is 10.4. The number of halogens is 3. The van der Waals surface area contributed by atoms with Crippen LogP contribution in [0.1, 0.15) is 54.3 Å². The molecule has 0 radical (unpaired) electrons. The van der Waals surface area contributed by atoms with Crippen LogP contribution in [0, 0.1) is 5.41 Å². The molecular formula is C32H31F3N3O6-. The maximum absolute atomic E-state index is 14.2. The van der Waals surface area contributed by atoms with Gasteiger partial charge in [0, 0.05) is 48.0 Å². The Morgan fingerprint density at radius 1 is 1.11 bits per heavy atom. The number of aromatic nitrogens is 2. The normalized spacial score (nSPS) is 20.3. The van der Waals surface area contributed by atoms with Crippen LogP contribution in [0.5, 0.6) is 0 Å². The topological polar surface area (TPSA) is 133 Å². The number of rotatable bonds is 10. The molecule has 3 unspecified atom stereocenters. The number of hydrogen-bond donors (Lipinski definition) is 2. The van der Waals surface area contributed by atoms with Crippen molar-refractivity contribution in [2.24, 2.45) is 5.41 Å². The third-order valence-electron chi connectivity index (χ3n) is 7.85. The zero-order valence-electron chi connectivity index (χ0n) is 24.2. The number of carbonyl (C=O) groups excluding carboxylic acids is 3. The summed E-state index contributed by atoms with van der Waals surface area (Å²) in [6, 6.07) is 10.8. The molecule has 3 aromatic rings. The van der Waals surface area contributed by atoms with Crippen molar-refractivity contribution in [3.8, 4) is 0 Å². The Hall–Kier alpha value is -4.87. The van der Waals surface area contributed by atoms with Crippen molar-refractivity contribution in [1.29, 1.82) is 0 Å². The van der Waals surface area contributed by atoms with Crippen LogP contribution in [0.25, 0.3) is 6.08 Å². The van der Waals surface area contributed by atoms with E-state index in [9.17, 15) is 32.7 Å². The number of alkyl halides is 3. The number of aromatic amines is 1. The van der Waals surface area contributed by atoms with E-state index in [0.717, 1.165) is 36.7 Å². The number of methoxy groups -OCH3 is 1. The zero-order chi connectivity index (χ0) is 32.1. The lowest BCUT2D eigenvalue weighted by atomic mass is 9.60. The summed E-state index contributed by atoms with van der Waals surface area (Å²) >= 11 is 0. The predicted molar refractivity (Wildman–Crippen MR) is 151 cm³/mol. The number of nitrogens with zero attached hydrogens (tertiary/aromatic N) is 1. The smallest absolute Gasteiger partial charge is 0.416 e. The lowest BCUT2D eigenvalue weighted by Gasteiger charge is -2.51. The lowest BCUT2D eigenvalue weighted by molar-refractivity contribution is -0.322. The molecule has 0 bridgehead atoms. The van der Waals surface area contributed by atoms with E-state index >= 15 is 0 Å². The Morgan fingerprint density at radius 3 is 2.43 bits per heavy atom. The molecule has 9 nitrogen and oxygen atoms in total. The van der Waals surface area contributed by atoms with Crippen LogP contribution in [0.3, 0.4) is 0 Å². The molecule has 12 heteroatoms. The van der Waals surface area contributed by atoms with Crippen molar-refractivity contribution in [2.75, 3.05) is 13.7 Å². The van der Waals surface area contributed by atoms with Gasteiger partial charge in [-0.05, 0) is 49.1 Å². The summed E-state index contributed by atoms with van der Waals surface area (Å²) in [5.41, 5.74) is -2.09. The van der Waals surface area contributed by atoms with Crippen molar-refractivity contribution in [2.45, 2.75) is 44.8 Å². The summed E-state index contributed by atoms with van der Waals surface area (Å²) < 4.78 is 52.6. The van der Waals surface area contributed by atoms with Gasteiger partial charge in [-0.1, -0.05) is 42.5 Å². The number of allylic oxidation sites excluding steroid dienone is 1. The highest BCUT2D eigenvalue weighted by atomic mass is 19.4. The first-order chi connectivity index (χ1) is 20.9. The largest absolute Gasteiger partial charge is 0.549 e. The highest BCUT2D eigenvalue weighted by Gasteiger charge is 2.54. The first-order valence-electron chi connectivity index (χ1n) is 13.7. The van der Waals surface area contributed by atoms with Crippen molar-refractivity contribution < 1.29 is 42.1 Å². The van der Waals surface area contributed by atoms with Crippen molar-refractivity contribution in [1.82, 2.24) is 15.3 Å². The molecule has 1 aliphatic heterocycles. The first kappa shape index (κ1) is 32.1. The van der Waals surface area contributed by atoms with E-state index in [2.05, 4.69) is 15.3 Å². The van der Waals surface area contributed by atoms with Crippen LogP contribution in [0.2, 0.25) is 0 Å². The van der Waals surface area contributed by atoms with E-state index in [0.29, 0.717) is 12.0 Å². The van der Waals surface area contributed by atoms with E-state index in [-0.39, 0.29) is 11.3 Å². The molecule has 0 aliphatic carbocycles. The fraction of sp³-hybridized carbons (Fsp3) is 0.312. The van der Waals surface area contributed by atoms with Crippen molar-refractivity contribution >= 4 is 24.0 Å². The summed E-state index contributed by atoms with van der Waals surface area (Å²) in [6.45, 7) is 2.44. The third kappa shape index (κ3) is 6.69. The first-order valence-corrected chi connectivity index (χ1v) is 13.7. The number of ether oxygens (including phenoxy) is 2. The average Bonchev–Trinajstić information content (AvgIpc) is 3.49. The number of hydrogen-bond acceptors (Lipinski definition) is 8. The van der Waals surface area contributed by atoms with Gasteiger partial charge in [-0.3, -0.25) is 0 Å². The number of carbonyl (C=O) groups is 3. The molecule has 0 amide bonds. The molecule has 2 N–H and O–H groups in total. The molecule has 3 atom stereocenters. The minimum Gasteiger partial charge on any atom is -0.549 e. The van der Waals surface area contributed by atoms with Crippen LogP contribution < -0.4 is 10.4 Å². The second kappa shape index (κ2) is 13.2. The van der Waals surface area contributed by atoms with Crippen LogP contribution in [0.4, 0.5) is 13.2 Å². The average molecular weight is 611 g/mol. The van der Waals surface area contributed by atoms with E-state index in [1.165, 1.54) is 32.1 Å². The number of benzene rings is 2. The van der Waals surface area contributed by atoms with E-state index in [1.807, 2.05) is 12.1 Å². The van der Waals surface area contributed by atoms with Gasteiger partial charge in [0.2, 0.25) is 0 Å². The standard InChI is InChI=1S/C32H32F3N3O6/c1-19-27(29(40)43-3)28(23-6-4-5-7-24(23)32(33,34)35)31(30(41)42,20(2)38-19)14-17-44-26(39)13-12-21-8-10-22(11-9-21)18-25-36-15-16-37-25/h4-13,15-16,20,28,38H,14,17-18H2,1-3H3,(H,36,37)(H,41,42)/p-1. The van der Waals surface area contributed by atoms with Crippen molar-refractivity contribution in [3.63, 3.8) is 0 Å². The molecule has 4 rings (SSSR count). The van der Waals surface area contributed by atoms with Crippen LogP contribution in [0.15, 0.2) is 78.3 Å². The molecule has 0 fully saturated rings. The molecule has 232 valence electrons. The Labute approximate surface area is 251 Å². The number of esters is 2. The number of imidazole rings is 1. The molecular weight excluding hydrogens is 579 g/mol. The van der Waals surface area contributed by atoms with Gasteiger partial charge in [0.15, 0.2) is 0 Å². The van der Waals surface area contributed by atoms with Gasteiger partial charge in [0.1, 0.15) is 5.82 Å². The van der Waals surface area contributed by atoms with Crippen LogP contribution in [-0.2, 0) is 36.5 Å². The Bertz CT molecular complexity index is 1560. The maximum atomic E-state index is 14.2. The maximum Gasteiger partial charge on any atom is 0.416 e. The van der Waals surface area contributed by atoms with Crippen LogP contribution >= 0.6 is 0 Å². The van der Waals surface area contributed by atoms with Gasteiger partial charge in [-0.25, -0.2) is 14.6 Å². The molecule has 0 saturated heterocycles. The quantitative estimate of drug-likeness (QED) is 0.261. The van der Waals surface area contributed by atoms with Gasteiger partial charge >= 0.3 is 18.1 Å². The second-order valence-corrected chi connectivity index (χ2v) is 10.4. The fourth-order valence-corrected chi connectivity index (χ4v) is 5.70. The monoisotopic (exact) mass is 610 g/mol. The number of carboxylic acids is 1.